The fourth-order valence-electron chi connectivity index (χ4n) is 2.29. The molecule has 1 fully saturated rings. The van der Waals surface area contributed by atoms with Gasteiger partial charge in [0.1, 0.15) is 0 Å². The number of unbranched alkanes of at least 4 members (excludes halogenated alkanes) is 1. The second kappa shape index (κ2) is 6.89. The molecule has 1 saturated carbocycles. The van der Waals surface area contributed by atoms with Crippen molar-refractivity contribution in [2.45, 2.75) is 64.1 Å². The van der Waals surface area contributed by atoms with E-state index in [0.29, 0.717) is 25.7 Å². The van der Waals surface area contributed by atoms with Gasteiger partial charge in [-0.3, -0.25) is 5.10 Å². The van der Waals surface area contributed by atoms with Crippen LogP contribution in [0, 0.1) is 6.92 Å². The van der Waals surface area contributed by atoms with Gasteiger partial charge in [0.2, 0.25) is 0 Å². The van der Waals surface area contributed by atoms with Crippen molar-refractivity contribution in [3.8, 4) is 0 Å². The van der Waals surface area contributed by atoms with Gasteiger partial charge in [0.15, 0.2) is 5.03 Å². The highest BCUT2D eigenvalue weighted by atomic mass is 32.2. The molecule has 7 heteroatoms. The van der Waals surface area contributed by atoms with Crippen LogP contribution >= 0.6 is 0 Å². The SMILES string of the molecule is CCCCN(CC)S(=O)(=O)c1n[nH]c(C)c1CNC1CC1. The van der Waals surface area contributed by atoms with Crippen LogP contribution in [-0.2, 0) is 16.6 Å². The fourth-order valence-corrected chi connectivity index (χ4v) is 3.94. The Morgan fingerprint density at radius 2 is 2.10 bits per heavy atom. The zero-order chi connectivity index (χ0) is 15.5. The molecule has 21 heavy (non-hydrogen) atoms. The van der Waals surface area contributed by atoms with Gasteiger partial charge >= 0.3 is 0 Å². The molecule has 6 nitrogen and oxygen atoms in total. The van der Waals surface area contributed by atoms with Crippen molar-refractivity contribution in [2.24, 2.45) is 0 Å². The third-order valence-electron chi connectivity index (χ3n) is 3.88. The predicted molar refractivity (Wildman–Crippen MR) is 82.5 cm³/mol. The number of aryl methyl sites for hydroxylation is 1. The Morgan fingerprint density at radius 3 is 2.67 bits per heavy atom. The van der Waals surface area contributed by atoms with Crippen LogP contribution in [0.15, 0.2) is 5.03 Å². The molecule has 1 heterocycles. The minimum Gasteiger partial charge on any atom is -0.310 e. The van der Waals surface area contributed by atoms with E-state index in [1.165, 1.54) is 17.1 Å². The molecule has 2 N–H and O–H groups in total. The van der Waals surface area contributed by atoms with Gasteiger partial charge in [0, 0.05) is 36.9 Å². The summed E-state index contributed by atoms with van der Waals surface area (Å²) in [6, 6.07) is 0.539. The largest absolute Gasteiger partial charge is 0.310 e. The summed E-state index contributed by atoms with van der Waals surface area (Å²) < 4.78 is 27.1. The highest BCUT2D eigenvalue weighted by Crippen LogP contribution is 2.24. The molecule has 1 aromatic rings. The Labute approximate surface area is 127 Å². The lowest BCUT2D eigenvalue weighted by Crippen LogP contribution is -2.33. The van der Waals surface area contributed by atoms with Crippen molar-refractivity contribution in [1.29, 1.82) is 0 Å². The van der Waals surface area contributed by atoms with E-state index in [1.54, 1.807) is 0 Å². The van der Waals surface area contributed by atoms with E-state index in [-0.39, 0.29) is 5.03 Å². The van der Waals surface area contributed by atoms with Crippen LogP contribution < -0.4 is 5.32 Å². The highest BCUT2D eigenvalue weighted by Gasteiger charge is 2.30. The Hall–Kier alpha value is -0.920. The molecule has 0 aromatic carbocycles. The summed E-state index contributed by atoms with van der Waals surface area (Å²) >= 11 is 0. The Bertz CT molecular complexity index is 564. The predicted octanol–water partition coefficient (Wildman–Crippen LogP) is 1.78. The second-order valence-corrected chi connectivity index (χ2v) is 7.49. The van der Waals surface area contributed by atoms with Crippen LogP contribution in [0.2, 0.25) is 0 Å². The first kappa shape index (κ1) is 16.5. The fraction of sp³-hybridized carbons (Fsp3) is 0.786. The summed E-state index contributed by atoms with van der Waals surface area (Å²) in [5.74, 6) is 0. The second-order valence-electron chi connectivity index (χ2n) is 5.64. The van der Waals surface area contributed by atoms with Crippen molar-refractivity contribution in [1.82, 2.24) is 19.8 Å². The molecule has 0 amide bonds. The molecule has 0 unspecified atom stereocenters. The van der Waals surface area contributed by atoms with Gasteiger partial charge in [-0.2, -0.15) is 9.40 Å². The third kappa shape index (κ3) is 3.84. The van der Waals surface area contributed by atoms with Crippen LogP contribution in [0.5, 0.6) is 0 Å². The number of H-pyrrole nitrogens is 1. The number of hydrogen-bond acceptors (Lipinski definition) is 4. The molecule has 120 valence electrons. The van der Waals surface area contributed by atoms with E-state index in [0.717, 1.165) is 24.1 Å². The smallest absolute Gasteiger partial charge is 0.262 e. The van der Waals surface area contributed by atoms with Gasteiger partial charge in [-0.15, -0.1) is 0 Å². The summed E-state index contributed by atoms with van der Waals surface area (Å²) in [7, 11) is -3.51. The molecular formula is C14H26N4O2S. The van der Waals surface area contributed by atoms with Gasteiger partial charge in [-0.05, 0) is 26.2 Å². The maximum Gasteiger partial charge on any atom is 0.262 e. The van der Waals surface area contributed by atoms with E-state index < -0.39 is 10.0 Å². The normalized spacial score (nSPS) is 15.8. The lowest BCUT2D eigenvalue weighted by molar-refractivity contribution is 0.416. The van der Waals surface area contributed by atoms with Crippen molar-refractivity contribution in [3.63, 3.8) is 0 Å². The molecule has 0 spiro atoms. The van der Waals surface area contributed by atoms with E-state index in [4.69, 9.17) is 0 Å². The molecule has 0 aliphatic heterocycles. The van der Waals surface area contributed by atoms with Gasteiger partial charge < -0.3 is 5.32 Å². The zero-order valence-electron chi connectivity index (χ0n) is 13.1. The summed E-state index contributed by atoms with van der Waals surface area (Å²) in [5.41, 5.74) is 1.60. The standard InChI is InChI=1S/C14H26N4O2S/c1-4-6-9-18(5-2)21(19,20)14-13(11(3)16-17-14)10-15-12-7-8-12/h12,15H,4-10H2,1-3H3,(H,16,17). The Kier molecular flexibility index (Phi) is 5.40. The molecule has 1 aliphatic rings. The Morgan fingerprint density at radius 1 is 1.38 bits per heavy atom. The number of aromatic amines is 1. The summed E-state index contributed by atoms with van der Waals surface area (Å²) in [6.45, 7) is 7.39. The van der Waals surface area contributed by atoms with Crippen LogP contribution in [0.1, 0.15) is 50.8 Å². The number of nitrogens with one attached hydrogen (secondary N) is 2. The highest BCUT2D eigenvalue weighted by molar-refractivity contribution is 7.89. The van der Waals surface area contributed by atoms with Gasteiger partial charge in [0.25, 0.3) is 10.0 Å². The monoisotopic (exact) mass is 314 g/mol. The van der Waals surface area contributed by atoms with E-state index in [2.05, 4.69) is 22.4 Å². The topological polar surface area (TPSA) is 78.1 Å². The van der Waals surface area contributed by atoms with Gasteiger partial charge in [0.05, 0.1) is 0 Å². The molecule has 0 radical (unpaired) electrons. The summed E-state index contributed by atoms with van der Waals surface area (Å²) in [4.78, 5) is 0. The lowest BCUT2D eigenvalue weighted by atomic mass is 10.2. The molecule has 1 aromatic heterocycles. The molecule has 1 aliphatic carbocycles. The van der Waals surface area contributed by atoms with E-state index in [9.17, 15) is 8.42 Å². The molecule has 0 saturated heterocycles. The maximum atomic E-state index is 12.8. The molecule has 2 rings (SSSR count). The first-order chi connectivity index (χ1) is 10.0. The van der Waals surface area contributed by atoms with Crippen molar-refractivity contribution < 1.29 is 8.42 Å². The quantitative estimate of drug-likeness (QED) is 0.728. The minimum absolute atomic E-state index is 0.186. The Balaban J connectivity index is 2.21. The number of aromatic nitrogens is 2. The number of nitrogens with zero attached hydrogens (tertiary/aromatic N) is 2. The summed E-state index contributed by atoms with van der Waals surface area (Å²) in [6.07, 6.45) is 4.20. The van der Waals surface area contributed by atoms with E-state index >= 15 is 0 Å². The zero-order valence-corrected chi connectivity index (χ0v) is 14.0. The first-order valence-electron chi connectivity index (χ1n) is 7.78. The van der Waals surface area contributed by atoms with Crippen LogP contribution in [0.25, 0.3) is 0 Å². The van der Waals surface area contributed by atoms with Crippen molar-refractivity contribution >= 4 is 10.0 Å². The minimum atomic E-state index is -3.51. The van der Waals surface area contributed by atoms with Crippen LogP contribution in [0.4, 0.5) is 0 Å². The van der Waals surface area contributed by atoms with Crippen molar-refractivity contribution in [2.75, 3.05) is 13.1 Å². The average Bonchev–Trinajstić information content (AvgIpc) is 3.20. The number of sulfonamides is 1. The first-order valence-corrected chi connectivity index (χ1v) is 9.22. The van der Waals surface area contributed by atoms with Crippen LogP contribution in [-0.4, -0.2) is 42.1 Å². The van der Waals surface area contributed by atoms with Gasteiger partial charge in [-0.25, -0.2) is 8.42 Å². The van der Waals surface area contributed by atoms with Gasteiger partial charge in [-0.1, -0.05) is 20.3 Å². The molecule has 0 bridgehead atoms. The lowest BCUT2D eigenvalue weighted by Gasteiger charge is -2.19. The number of rotatable bonds is 9. The summed E-state index contributed by atoms with van der Waals surface area (Å²) in [5, 5.41) is 10.5. The number of hydrogen-bond donors (Lipinski definition) is 2. The van der Waals surface area contributed by atoms with Crippen molar-refractivity contribution in [3.05, 3.63) is 11.3 Å². The van der Waals surface area contributed by atoms with Crippen LogP contribution in [0.3, 0.4) is 0 Å². The molecular weight excluding hydrogens is 288 g/mol. The average molecular weight is 314 g/mol. The van der Waals surface area contributed by atoms with E-state index in [1.807, 2.05) is 13.8 Å². The molecule has 0 atom stereocenters. The third-order valence-corrected chi connectivity index (χ3v) is 5.83. The maximum absolute atomic E-state index is 12.8.